The molecule has 1 aromatic carbocycles. The molecule has 1 aliphatic carbocycles. The minimum Gasteiger partial charge on any atom is -0.434 e. The Morgan fingerprint density at radius 1 is 0.825 bits per heavy atom. The second kappa shape index (κ2) is 18.0. The molecule has 0 spiro atoms. The lowest BCUT2D eigenvalue weighted by Gasteiger charge is -2.26. The molecule has 0 N–H and O–H groups in total. The third kappa shape index (κ3) is 11.1. The van der Waals surface area contributed by atoms with Crippen LogP contribution in [-0.2, 0) is 34.8 Å². The van der Waals surface area contributed by atoms with Crippen molar-refractivity contribution in [3.05, 3.63) is 47.5 Å². The van der Waals surface area contributed by atoms with Crippen molar-refractivity contribution in [2.24, 2.45) is 11.8 Å². The number of hydrogen-bond acceptors (Lipinski definition) is 8. The molecule has 40 heavy (non-hydrogen) atoms. The highest BCUT2D eigenvalue weighted by molar-refractivity contribution is 5.61. The number of rotatable bonds is 15. The Hall–Kier alpha value is -2.58. The van der Waals surface area contributed by atoms with Gasteiger partial charge in [-0.05, 0) is 68.8 Å². The second-order valence-corrected chi connectivity index (χ2v) is 10.8. The monoisotopic (exact) mass is 560 g/mol. The van der Waals surface area contributed by atoms with E-state index in [1.807, 2.05) is 38.1 Å². The maximum Gasteiger partial charge on any atom is 0.510 e. The van der Waals surface area contributed by atoms with Crippen molar-refractivity contribution in [2.75, 3.05) is 13.2 Å². The maximum atomic E-state index is 12.1. The highest BCUT2D eigenvalue weighted by Crippen LogP contribution is 2.34. The van der Waals surface area contributed by atoms with Crippen LogP contribution >= 0.6 is 0 Å². The molecule has 1 aromatic rings. The van der Waals surface area contributed by atoms with E-state index in [4.69, 9.17) is 28.4 Å². The molecule has 8 nitrogen and oxygen atoms in total. The van der Waals surface area contributed by atoms with Crippen LogP contribution in [0.4, 0.5) is 9.59 Å². The maximum absolute atomic E-state index is 12.1. The first-order valence-corrected chi connectivity index (χ1v) is 15.3. The van der Waals surface area contributed by atoms with Crippen LogP contribution in [0, 0.1) is 11.8 Å². The molecule has 1 saturated heterocycles. The normalized spacial score (nSPS) is 23.3. The van der Waals surface area contributed by atoms with E-state index in [1.54, 1.807) is 0 Å². The molecule has 1 saturated carbocycles. The minimum atomic E-state index is -1.28. The van der Waals surface area contributed by atoms with Crippen LogP contribution in [0.3, 0.4) is 0 Å². The first-order chi connectivity index (χ1) is 19.5. The van der Waals surface area contributed by atoms with Crippen molar-refractivity contribution in [1.82, 2.24) is 0 Å². The predicted molar refractivity (Wildman–Crippen MR) is 151 cm³/mol. The molecule has 1 heterocycles. The van der Waals surface area contributed by atoms with Crippen LogP contribution in [0.2, 0.25) is 0 Å². The Bertz CT molecular complexity index is 859. The Morgan fingerprint density at radius 3 is 1.93 bits per heavy atom. The highest BCUT2D eigenvalue weighted by atomic mass is 16.9. The van der Waals surface area contributed by atoms with Crippen LogP contribution in [0.5, 0.6) is 0 Å². The van der Waals surface area contributed by atoms with Gasteiger partial charge >= 0.3 is 12.3 Å². The summed E-state index contributed by atoms with van der Waals surface area (Å²) < 4.78 is 32.2. The topological polar surface area (TPSA) is 89.5 Å². The van der Waals surface area contributed by atoms with Crippen LogP contribution in [0.1, 0.15) is 109 Å². The zero-order valence-corrected chi connectivity index (χ0v) is 24.5. The summed E-state index contributed by atoms with van der Waals surface area (Å²) in [7, 11) is 0. The van der Waals surface area contributed by atoms with E-state index in [0.717, 1.165) is 43.1 Å². The number of unbranched alkanes of at least 4 members (excludes halogenated alkanes) is 2. The van der Waals surface area contributed by atoms with Crippen LogP contribution < -0.4 is 0 Å². The molecule has 0 amide bonds. The third-order valence-corrected chi connectivity index (χ3v) is 7.45. The molecular weight excluding hydrogens is 512 g/mol. The van der Waals surface area contributed by atoms with Gasteiger partial charge in [-0.25, -0.2) is 9.59 Å². The second-order valence-electron chi connectivity index (χ2n) is 10.8. The van der Waals surface area contributed by atoms with E-state index in [2.05, 4.69) is 19.1 Å². The predicted octanol–water partition coefficient (Wildman–Crippen LogP) is 8.39. The average Bonchev–Trinajstić information content (AvgIpc) is 3.34. The molecule has 2 aliphatic rings. The van der Waals surface area contributed by atoms with Crippen molar-refractivity contribution in [1.29, 1.82) is 0 Å². The highest BCUT2D eigenvalue weighted by Gasteiger charge is 2.43. The van der Waals surface area contributed by atoms with Crippen molar-refractivity contribution >= 4 is 12.3 Å². The number of allylic oxidation sites excluding steroid dienone is 2. The van der Waals surface area contributed by atoms with Gasteiger partial charge < -0.3 is 28.4 Å². The number of aryl methyl sites for hydroxylation is 1. The van der Waals surface area contributed by atoms with Crippen LogP contribution in [-0.4, -0.2) is 38.1 Å². The summed E-state index contributed by atoms with van der Waals surface area (Å²) in [4.78, 5) is 24.2. The van der Waals surface area contributed by atoms with Gasteiger partial charge in [-0.1, -0.05) is 82.9 Å². The molecule has 2 atom stereocenters. The van der Waals surface area contributed by atoms with Crippen LogP contribution in [0.25, 0.3) is 0 Å². The molecule has 1 aliphatic heterocycles. The smallest absolute Gasteiger partial charge is 0.434 e. The molecule has 2 fully saturated rings. The Morgan fingerprint density at radius 2 is 1.40 bits per heavy atom. The lowest BCUT2D eigenvalue weighted by atomic mass is 9.80. The van der Waals surface area contributed by atoms with Gasteiger partial charge in [-0.15, -0.1) is 0 Å². The van der Waals surface area contributed by atoms with E-state index in [1.165, 1.54) is 44.1 Å². The molecular formula is C32H48O8. The van der Waals surface area contributed by atoms with E-state index >= 15 is 0 Å². The van der Waals surface area contributed by atoms with Gasteiger partial charge in [0.25, 0.3) is 12.6 Å². The van der Waals surface area contributed by atoms with Gasteiger partial charge in [0.1, 0.15) is 0 Å². The standard InChI is InChI=1S/C32H48O8/c1-4-7-22-35-31(33)39-29-30(40-32(34)36-23-8-5-2)38-28(37-29)27-20-18-26(19-21-27)13-10-9-12-25-16-14-24(11-6-3)15-17-25/h9,12,18-21,24-25,28-30H,4-8,10-11,13-17,22-23H2,1-3H3/b12-9+/t24-,25-,29-,30-/m1/s1. The lowest BCUT2D eigenvalue weighted by Crippen LogP contribution is -2.33. The van der Waals surface area contributed by atoms with Crippen molar-refractivity contribution < 1.29 is 38.0 Å². The first-order valence-electron chi connectivity index (χ1n) is 15.3. The summed E-state index contributed by atoms with van der Waals surface area (Å²) in [6.07, 6.45) is 12.7. The summed E-state index contributed by atoms with van der Waals surface area (Å²) in [5.74, 6) is 1.66. The summed E-state index contributed by atoms with van der Waals surface area (Å²) in [6, 6.07) is 7.90. The van der Waals surface area contributed by atoms with E-state index in [0.29, 0.717) is 12.8 Å². The van der Waals surface area contributed by atoms with Gasteiger partial charge in [-0.2, -0.15) is 0 Å². The summed E-state index contributed by atoms with van der Waals surface area (Å²) in [5.41, 5.74) is 1.93. The molecule has 8 heteroatoms. The summed E-state index contributed by atoms with van der Waals surface area (Å²) in [5, 5.41) is 0. The third-order valence-electron chi connectivity index (χ3n) is 7.45. The Balaban J connectivity index is 1.49. The van der Waals surface area contributed by atoms with E-state index < -0.39 is 31.2 Å². The molecule has 224 valence electrons. The number of carbonyl (C=O) groups excluding carboxylic acids is 2. The van der Waals surface area contributed by atoms with Gasteiger partial charge in [0, 0.05) is 5.56 Å². The van der Waals surface area contributed by atoms with Crippen LogP contribution in [0.15, 0.2) is 36.4 Å². The van der Waals surface area contributed by atoms with Crippen molar-refractivity contribution in [2.45, 2.75) is 117 Å². The molecule has 0 bridgehead atoms. The largest absolute Gasteiger partial charge is 0.510 e. The average molecular weight is 561 g/mol. The fraction of sp³-hybridized carbons (Fsp3) is 0.688. The van der Waals surface area contributed by atoms with Gasteiger partial charge in [-0.3, -0.25) is 0 Å². The Kier molecular flexibility index (Phi) is 14.4. The number of benzene rings is 1. The minimum absolute atomic E-state index is 0.230. The summed E-state index contributed by atoms with van der Waals surface area (Å²) >= 11 is 0. The summed E-state index contributed by atoms with van der Waals surface area (Å²) in [6.45, 7) is 6.72. The quantitative estimate of drug-likeness (QED) is 0.120. The number of hydrogen-bond donors (Lipinski definition) is 0. The zero-order valence-electron chi connectivity index (χ0n) is 24.5. The lowest BCUT2D eigenvalue weighted by molar-refractivity contribution is -0.159. The zero-order chi connectivity index (χ0) is 28.6. The first kappa shape index (κ1) is 31.9. The van der Waals surface area contributed by atoms with E-state index in [-0.39, 0.29) is 13.2 Å². The van der Waals surface area contributed by atoms with Gasteiger partial charge in [0.05, 0.1) is 13.2 Å². The van der Waals surface area contributed by atoms with Gasteiger partial charge in [0.2, 0.25) is 0 Å². The van der Waals surface area contributed by atoms with E-state index in [9.17, 15) is 9.59 Å². The number of carbonyl (C=O) groups is 2. The van der Waals surface area contributed by atoms with Gasteiger partial charge in [0.15, 0.2) is 6.29 Å². The molecule has 0 radical (unpaired) electrons. The molecule has 0 aromatic heterocycles. The number of ether oxygens (including phenoxy) is 6. The fourth-order valence-corrected chi connectivity index (χ4v) is 5.04. The molecule has 0 unspecified atom stereocenters. The fourth-order valence-electron chi connectivity index (χ4n) is 5.04. The SMILES string of the molecule is CCCCOC(=O)O[C@H]1OC(c2ccc(CC/C=C/[C@H]3CC[C@H](CCC)CC3)cc2)O[C@@H]1OC(=O)OCCCC. The Labute approximate surface area is 239 Å². The molecule has 3 rings (SSSR count). The van der Waals surface area contributed by atoms with Crippen molar-refractivity contribution in [3.8, 4) is 0 Å². The van der Waals surface area contributed by atoms with Crippen molar-refractivity contribution in [3.63, 3.8) is 0 Å².